The Bertz CT molecular complexity index is 514. The summed E-state index contributed by atoms with van der Waals surface area (Å²) in [6.45, 7) is 3.09. The van der Waals surface area contributed by atoms with Crippen LogP contribution in [0, 0.1) is 0 Å². The molecule has 1 atom stereocenters. The first-order chi connectivity index (χ1) is 9.22. The Morgan fingerprint density at radius 2 is 2.21 bits per heavy atom. The molecular weight excluding hydrogens is 299 g/mol. The average molecular weight is 315 g/mol. The smallest absolute Gasteiger partial charge is 0.0943 e. The molecule has 5 heteroatoms. The van der Waals surface area contributed by atoms with Crippen LogP contribution in [0.2, 0.25) is 10.0 Å². The standard InChI is InChI=1S/C14H16Cl2N2S/c1-2-6-17-12(9-13-18-7-8-19-13)10-4-3-5-11(15)14(10)16/h3-5,7-8,12,17H,2,6,9H2,1H3. The predicted molar refractivity (Wildman–Crippen MR) is 83.3 cm³/mol. The lowest BCUT2D eigenvalue weighted by Gasteiger charge is -2.19. The summed E-state index contributed by atoms with van der Waals surface area (Å²) in [7, 11) is 0. The van der Waals surface area contributed by atoms with E-state index in [1.807, 2.05) is 29.8 Å². The van der Waals surface area contributed by atoms with Crippen LogP contribution in [0.3, 0.4) is 0 Å². The Morgan fingerprint density at radius 3 is 2.89 bits per heavy atom. The molecule has 2 nitrogen and oxygen atoms in total. The van der Waals surface area contributed by atoms with Gasteiger partial charge >= 0.3 is 0 Å². The third kappa shape index (κ3) is 3.93. The molecule has 2 aromatic rings. The van der Waals surface area contributed by atoms with E-state index in [9.17, 15) is 0 Å². The molecule has 2 rings (SSSR count). The zero-order valence-corrected chi connectivity index (χ0v) is 13.0. The van der Waals surface area contributed by atoms with Crippen LogP contribution in [-0.2, 0) is 6.42 Å². The summed E-state index contributed by atoms with van der Waals surface area (Å²) >= 11 is 14.1. The molecule has 1 heterocycles. The quantitative estimate of drug-likeness (QED) is 0.833. The summed E-state index contributed by atoms with van der Waals surface area (Å²) in [6, 6.07) is 5.92. The minimum Gasteiger partial charge on any atom is -0.310 e. The second-order valence-electron chi connectivity index (χ2n) is 4.28. The monoisotopic (exact) mass is 314 g/mol. The van der Waals surface area contributed by atoms with Gasteiger partial charge < -0.3 is 5.32 Å². The highest BCUT2D eigenvalue weighted by Gasteiger charge is 2.17. The largest absolute Gasteiger partial charge is 0.310 e. The first-order valence-electron chi connectivity index (χ1n) is 6.28. The highest BCUT2D eigenvalue weighted by Crippen LogP contribution is 2.31. The van der Waals surface area contributed by atoms with Crippen LogP contribution in [0.1, 0.15) is 30.0 Å². The Morgan fingerprint density at radius 1 is 1.37 bits per heavy atom. The lowest BCUT2D eigenvalue weighted by molar-refractivity contribution is 0.528. The van der Waals surface area contributed by atoms with E-state index in [2.05, 4.69) is 17.2 Å². The van der Waals surface area contributed by atoms with E-state index in [4.69, 9.17) is 23.2 Å². The van der Waals surface area contributed by atoms with E-state index >= 15 is 0 Å². The maximum atomic E-state index is 6.32. The van der Waals surface area contributed by atoms with Gasteiger partial charge in [-0.1, -0.05) is 42.3 Å². The lowest BCUT2D eigenvalue weighted by Crippen LogP contribution is -2.24. The van der Waals surface area contributed by atoms with Gasteiger partial charge in [0.15, 0.2) is 0 Å². The Balaban J connectivity index is 2.23. The predicted octanol–water partition coefficient (Wildman–Crippen LogP) is 4.73. The molecule has 1 aromatic heterocycles. The maximum Gasteiger partial charge on any atom is 0.0943 e. The van der Waals surface area contributed by atoms with Crippen LogP contribution in [0.5, 0.6) is 0 Å². The van der Waals surface area contributed by atoms with Crippen molar-refractivity contribution in [1.29, 1.82) is 0 Å². The van der Waals surface area contributed by atoms with Crippen LogP contribution in [0.4, 0.5) is 0 Å². The summed E-state index contributed by atoms with van der Waals surface area (Å²) in [5.74, 6) is 0. The zero-order chi connectivity index (χ0) is 13.7. The van der Waals surface area contributed by atoms with Gasteiger partial charge in [0, 0.05) is 24.0 Å². The molecule has 0 aliphatic rings. The molecule has 1 unspecified atom stereocenters. The maximum absolute atomic E-state index is 6.32. The van der Waals surface area contributed by atoms with Crippen molar-refractivity contribution in [3.8, 4) is 0 Å². The molecule has 0 saturated heterocycles. The molecule has 0 bridgehead atoms. The van der Waals surface area contributed by atoms with Gasteiger partial charge in [-0.05, 0) is 24.6 Å². The fourth-order valence-corrected chi connectivity index (χ4v) is 3.03. The summed E-state index contributed by atoms with van der Waals surface area (Å²) in [5, 5.41) is 7.84. The SMILES string of the molecule is CCCNC(Cc1nccs1)c1cccc(Cl)c1Cl. The van der Waals surface area contributed by atoms with Crippen LogP contribution in [-0.4, -0.2) is 11.5 Å². The first-order valence-corrected chi connectivity index (χ1v) is 7.91. The van der Waals surface area contributed by atoms with Crippen molar-refractivity contribution in [2.75, 3.05) is 6.54 Å². The van der Waals surface area contributed by atoms with Gasteiger partial charge in [-0.2, -0.15) is 0 Å². The Labute approximate surface area is 127 Å². The third-order valence-corrected chi connectivity index (χ3v) is 4.50. The van der Waals surface area contributed by atoms with Crippen molar-refractivity contribution >= 4 is 34.5 Å². The van der Waals surface area contributed by atoms with Crippen molar-refractivity contribution in [2.45, 2.75) is 25.8 Å². The molecule has 0 spiro atoms. The molecule has 0 fully saturated rings. The number of aromatic nitrogens is 1. The van der Waals surface area contributed by atoms with Crippen molar-refractivity contribution < 1.29 is 0 Å². The summed E-state index contributed by atoms with van der Waals surface area (Å²) in [6.07, 6.45) is 3.74. The number of benzene rings is 1. The molecule has 0 aliphatic carbocycles. The van der Waals surface area contributed by atoms with Gasteiger partial charge in [0.05, 0.1) is 15.1 Å². The number of nitrogens with one attached hydrogen (secondary N) is 1. The van der Waals surface area contributed by atoms with Crippen LogP contribution >= 0.6 is 34.5 Å². The Hall–Kier alpha value is -0.610. The van der Waals surface area contributed by atoms with Crippen molar-refractivity contribution in [1.82, 2.24) is 10.3 Å². The fourth-order valence-electron chi connectivity index (χ4n) is 1.93. The van der Waals surface area contributed by atoms with Gasteiger partial charge in [-0.3, -0.25) is 0 Å². The van der Waals surface area contributed by atoms with Gasteiger partial charge in [0.1, 0.15) is 0 Å². The van der Waals surface area contributed by atoms with Crippen LogP contribution in [0.15, 0.2) is 29.8 Å². The number of thiazole rings is 1. The second-order valence-corrected chi connectivity index (χ2v) is 6.04. The van der Waals surface area contributed by atoms with Crippen LogP contribution < -0.4 is 5.32 Å². The average Bonchev–Trinajstić information content (AvgIpc) is 2.91. The summed E-state index contributed by atoms with van der Waals surface area (Å²) < 4.78 is 0. The summed E-state index contributed by atoms with van der Waals surface area (Å²) in [5.41, 5.74) is 1.04. The van der Waals surface area contributed by atoms with E-state index in [0.717, 1.165) is 30.0 Å². The highest BCUT2D eigenvalue weighted by atomic mass is 35.5. The minimum absolute atomic E-state index is 0.150. The molecule has 0 saturated carbocycles. The highest BCUT2D eigenvalue weighted by molar-refractivity contribution is 7.09. The number of rotatable bonds is 6. The van der Waals surface area contributed by atoms with E-state index in [1.54, 1.807) is 11.3 Å². The molecule has 0 radical (unpaired) electrons. The fraction of sp³-hybridized carbons (Fsp3) is 0.357. The topological polar surface area (TPSA) is 24.9 Å². The van der Waals surface area contributed by atoms with E-state index in [-0.39, 0.29) is 6.04 Å². The second kappa shape index (κ2) is 7.25. The molecule has 0 aliphatic heterocycles. The number of hydrogen-bond acceptors (Lipinski definition) is 3. The molecular formula is C14H16Cl2N2S. The molecule has 19 heavy (non-hydrogen) atoms. The van der Waals surface area contributed by atoms with Crippen molar-refractivity contribution in [2.24, 2.45) is 0 Å². The van der Waals surface area contributed by atoms with E-state index < -0.39 is 0 Å². The number of nitrogens with zero attached hydrogens (tertiary/aromatic N) is 1. The normalized spacial score (nSPS) is 12.6. The third-order valence-electron chi connectivity index (χ3n) is 2.86. The van der Waals surface area contributed by atoms with Gasteiger partial charge in [0.25, 0.3) is 0 Å². The minimum atomic E-state index is 0.150. The number of hydrogen-bond donors (Lipinski definition) is 1. The lowest BCUT2D eigenvalue weighted by atomic mass is 10.0. The van der Waals surface area contributed by atoms with Gasteiger partial charge in [-0.25, -0.2) is 4.98 Å². The molecule has 1 N–H and O–H groups in total. The molecule has 102 valence electrons. The summed E-state index contributed by atoms with van der Waals surface area (Å²) in [4.78, 5) is 4.34. The van der Waals surface area contributed by atoms with E-state index in [1.165, 1.54) is 0 Å². The molecule has 0 amide bonds. The Kier molecular flexibility index (Phi) is 5.64. The molecule has 1 aromatic carbocycles. The number of halogens is 2. The van der Waals surface area contributed by atoms with Crippen molar-refractivity contribution in [3.05, 3.63) is 50.4 Å². The van der Waals surface area contributed by atoms with Crippen molar-refractivity contribution in [3.63, 3.8) is 0 Å². The van der Waals surface area contributed by atoms with Gasteiger partial charge in [-0.15, -0.1) is 11.3 Å². The van der Waals surface area contributed by atoms with Crippen LogP contribution in [0.25, 0.3) is 0 Å². The van der Waals surface area contributed by atoms with E-state index in [0.29, 0.717) is 10.0 Å². The zero-order valence-electron chi connectivity index (χ0n) is 10.7. The first kappa shape index (κ1) is 14.8. The van der Waals surface area contributed by atoms with Gasteiger partial charge in [0.2, 0.25) is 0 Å².